The molecule has 2 heterocycles. The average molecular weight is 486 g/mol. The Morgan fingerprint density at radius 3 is 2.47 bits per heavy atom. The highest BCUT2D eigenvalue weighted by Gasteiger charge is 2.33. The number of alkyl halides is 3. The maximum Gasteiger partial charge on any atom is 0.416 e. The van der Waals surface area contributed by atoms with Gasteiger partial charge in [0.15, 0.2) is 0 Å². The third-order valence-corrected chi connectivity index (χ3v) is 8.51. The van der Waals surface area contributed by atoms with Crippen LogP contribution in [-0.2, 0) is 21.0 Å². The Morgan fingerprint density at radius 1 is 1.06 bits per heavy atom. The van der Waals surface area contributed by atoms with Crippen molar-refractivity contribution in [2.75, 3.05) is 36.4 Å². The number of anilines is 2. The van der Waals surface area contributed by atoms with Gasteiger partial charge in [0, 0.05) is 48.4 Å². The second kappa shape index (κ2) is 8.60. The number of nitrogens with one attached hydrogen (secondary N) is 1. The highest BCUT2D eigenvalue weighted by Crippen LogP contribution is 2.37. The summed E-state index contributed by atoms with van der Waals surface area (Å²) in [6.45, 7) is 2.78. The van der Waals surface area contributed by atoms with Gasteiger partial charge in [0.25, 0.3) is 0 Å². The Bertz CT molecular complexity index is 1130. The maximum atomic E-state index is 13.2. The van der Waals surface area contributed by atoms with Crippen LogP contribution in [0.1, 0.15) is 18.9 Å². The maximum absolute atomic E-state index is 13.2. The Kier molecular flexibility index (Phi) is 6.17. The van der Waals surface area contributed by atoms with Crippen LogP contribution in [0.3, 0.4) is 0 Å². The summed E-state index contributed by atoms with van der Waals surface area (Å²) in [5, 5.41) is 2.86. The molecule has 0 bridgehead atoms. The molecule has 1 amide bonds. The molecule has 2 aromatic carbocycles. The normalized spacial score (nSPS) is 20.4. The first-order chi connectivity index (χ1) is 15.0. The molecule has 2 aliphatic rings. The summed E-state index contributed by atoms with van der Waals surface area (Å²) in [5.41, 5.74) is 0.160. The van der Waals surface area contributed by atoms with E-state index in [9.17, 15) is 26.4 Å². The Labute approximate surface area is 188 Å². The van der Waals surface area contributed by atoms with Gasteiger partial charge in [-0.2, -0.15) is 17.5 Å². The molecule has 2 aliphatic heterocycles. The Balaban J connectivity index is 1.50. The monoisotopic (exact) mass is 485 g/mol. The lowest BCUT2D eigenvalue weighted by molar-refractivity contribution is -0.137. The first-order valence-corrected chi connectivity index (χ1v) is 12.4. The number of fused-ring (bicyclic) bond motifs is 1. The summed E-state index contributed by atoms with van der Waals surface area (Å²) in [6, 6.07) is 9.75. The highest BCUT2D eigenvalue weighted by molar-refractivity contribution is 8.00. The largest absolute Gasteiger partial charge is 0.416 e. The number of sulfonamides is 1. The second-order valence-electron chi connectivity index (χ2n) is 7.78. The fourth-order valence-electron chi connectivity index (χ4n) is 3.81. The van der Waals surface area contributed by atoms with E-state index >= 15 is 0 Å². The third-order valence-electron chi connectivity index (χ3n) is 5.44. The standard InChI is InChI=1S/C21H22F3N3O3S2/c1-14-11-20(28)25-18-13-17(5-6-19(18)31-14)32(29,30)27-9-7-26(8-10-27)16-4-2-3-15(12-16)21(22,23)24/h2-6,12-14H,7-11H2,1H3,(H,25,28)/t14-/m1/s1. The van der Waals surface area contributed by atoms with E-state index in [0.717, 1.165) is 17.0 Å². The van der Waals surface area contributed by atoms with Crippen LogP contribution in [0, 0.1) is 0 Å². The molecule has 0 aromatic heterocycles. The molecule has 0 unspecified atom stereocenters. The van der Waals surface area contributed by atoms with Crippen LogP contribution in [0.2, 0.25) is 0 Å². The second-order valence-corrected chi connectivity index (χ2v) is 11.2. The first-order valence-electron chi connectivity index (χ1n) is 10.1. The van der Waals surface area contributed by atoms with Gasteiger partial charge in [-0.1, -0.05) is 13.0 Å². The number of carbonyl (C=O) groups is 1. The number of halogens is 3. The zero-order valence-corrected chi connectivity index (χ0v) is 18.9. The van der Waals surface area contributed by atoms with E-state index in [4.69, 9.17) is 0 Å². The minimum atomic E-state index is -4.43. The summed E-state index contributed by atoms with van der Waals surface area (Å²) in [5.74, 6) is -0.159. The van der Waals surface area contributed by atoms with Crippen molar-refractivity contribution in [3.8, 4) is 0 Å². The molecular formula is C21H22F3N3O3S2. The number of piperazine rings is 1. The predicted molar refractivity (Wildman–Crippen MR) is 117 cm³/mol. The van der Waals surface area contributed by atoms with Crippen LogP contribution in [0.4, 0.5) is 24.5 Å². The van der Waals surface area contributed by atoms with Crippen molar-refractivity contribution in [1.29, 1.82) is 0 Å². The molecule has 1 N–H and O–H groups in total. The van der Waals surface area contributed by atoms with E-state index in [1.54, 1.807) is 17.0 Å². The number of rotatable bonds is 3. The van der Waals surface area contributed by atoms with Crippen LogP contribution in [0.5, 0.6) is 0 Å². The van der Waals surface area contributed by atoms with Crippen molar-refractivity contribution in [1.82, 2.24) is 4.31 Å². The van der Waals surface area contributed by atoms with Gasteiger partial charge in [-0.15, -0.1) is 11.8 Å². The van der Waals surface area contributed by atoms with Crippen LogP contribution in [-0.4, -0.2) is 50.1 Å². The van der Waals surface area contributed by atoms with Crippen molar-refractivity contribution in [3.05, 3.63) is 48.0 Å². The van der Waals surface area contributed by atoms with Gasteiger partial charge >= 0.3 is 6.18 Å². The molecule has 172 valence electrons. The van der Waals surface area contributed by atoms with Gasteiger partial charge < -0.3 is 10.2 Å². The lowest BCUT2D eigenvalue weighted by Gasteiger charge is -2.35. The van der Waals surface area contributed by atoms with Crippen molar-refractivity contribution < 1.29 is 26.4 Å². The van der Waals surface area contributed by atoms with Gasteiger partial charge in [-0.25, -0.2) is 8.42 Å². The molecule has 32 heavy (non-hydrogen) atoms. The van der Waals surface area contributed by atoms with Gasteiger partial charge in [0.1, 0.15) is 0 Å². The molecule has 1 atom stereocenters. The summed E-state index contributed by atoms with van der Waals surface area (Å²) < 4.78 is 66.7. The third kappa shape index (κ3) is 4.74. The van der Waals surface area contributed by atoms with Crippen LogP contribution >= 0.6 is 11.8 Å². The van der Waals surface area contributed by atoms with Crippen molar-refractivity contribution >= 4 is 39.1 Å². The minimum absolute atomic E-state index is 0.0826. The van der Waals surface area contributed by atoms with E-state index in [1.165, 1.54) is 34.3 Å². The van der Waals surface area contributed by atoms with Crippen molar-refractivity contribution in [2.45, 2.75) is 34.6 Å². The molecule has 2 aromatic rings. The van der Waals surface area contributed by atoms with E-state index in [2.05, 4.69) is 5.32 Å². The molecule has 0 radical (unpaired) electrons. The average Bonchev–Trinajstić information content (AvgIpc) is 2.88. The number of amides is 1. The summed E-state index contributed by atoms with van der Waals surface area (Å²) in [6.07, 6.45) is -4.09. The SMILES string of the molecule is C[C@@H]1CC(=O)Nc2cc(S(=O)(=O)N3CCN(c4cccc(C(F)(F)F)c4)CC3)ccc2S1. The lowest BCUT2D eigenvalue weighted by atomic mass is 10.1. The zero-order chi connectivity index (χ0) is 23.1. The molecule has 0 saturated carbocycles. The topological polar surface area (TPSA) is 69.7 Å². The number of benzene rings is 2. The number of hydrogen-bond acceptors (Lipinski definition) is 5. The lowest BCUT2D eigenvalue weighted by Crippen LogP contribution is -2.48. The van der Waals surface area contributed by atoms with Gasteiger partial charge in [-0.05, 0) is 36.4 Å². The Morgan fingerprint density at radius 2 is 1.78 bits per heavy atom. The summed E-state index contributed by atoms with van der Waals surface area (Å²) >= 11 is 1.51. The van der Waals surface area contributed by atoms with E-state index in [0.29, 0.717) is 17.8 Å². The first kappa shape index (κ1) is 22.9. The van der Waals surface area contributed by atoms with Crippen LogP contribution in [0.15, 0.2) is 52.3 Å². The van der Waals surface area contributed by atoms with Crippen LogP contribution < -0.4 is 10.2 Å². The summed E-state index contributed by atoms with van der Waals surface area (Å²) in [4.78, 5) is 14.7. The van der Waals surface area contributed by atoms with E-state index in [1.807, 2.05) is 6.92 Å². The number of thioether (sulfide) groups is 1. The van der Waals surface area contributed by atoms with Gasteiger partial charge in [0.2, 0.25) is 15.9 Å². The molecular weight excluding hydrogens is 463 g/mol. The van der Waals surface area contributed by atoms with E-state index < -0.39 is 21.8 Å². The zero-order valence-electron chi connectivity index (χ0n) is 17.2. The Hall–Kier alpha value is -2.24. The quantitative estimate of drug-likeness (QED) is 0.711. The van der Waals surface area contributed by atoms with Crippen molar-refractivity contribution in [2.24, 2.45) is 0 Å². The number of carbonyl (C=O) groups excluding carboxylic acids is 1. The highest BCUT2D eigenvalue weighted by atomic mass is 32.2. The molecule has 0 spiro atoms. The fourth-order valence-corrected chi connectivity index (χ4v) is 6.31. The summed E-state index contributed by atoms with van der Waals surface area (Å²) in [7, 11) is -3.81. The molecule has 11 heteroatoms. The minimum Gasteiger partial charge on any atom is -0.369 e. The molecule has 6 nitrogen and oxygen atoms in total. The fraction of sp³-hybridized carbons (Fsp3) is 0.381. The van der Waals surface area contributed by atoms with E-state index in [-0.39, 0.29) is 42.2 Å². The molecule has 4 rings (SSSR count). The molecule has 1 fully saturated rings. The number of hydrogen-bond donors (Lipinski definition) is 1. The molecule has 1 saturated heterocycles. The van der Waals surface area contributed by atoms with Crippen molar-refractivity contribution in [3.63, 3.8) is 0 Å². The smallest absolute Gasteiger partial charge is 0.369 e. The van der Waals surface area contributed by atoms with Crippen LogP contribution in [0.25, 0.3) is 0 Å². The predicted octanol–water partition coefficient (Wildman–Crippen LogP) is 4.04. The van der Waals surface area contributed by atoms with Gasteiger partial charge in [0.05, 0.1) is 16.1 Å². The number of nitrogens with zero attached hydrogens (tertiary/aromatic N) is 2. The molecule has 0 aliphatic carbocycles. The van der Waals surface area contributed by atoms with Gasteiger partial charge in [-0.3, -0.25) is 4.79 Å².